The normalized spacial score (nSPS) is 12.5. The van der Waals surface area contributed by atoms with Crippen molar-refractivity contribution in [3.05, 3.63) is 68.7 Å². The molecule has 0 saturated heterocycles. The summed E-state index contributed by atoms with van der Waals surface area (Å²) in [5, 5.41) is 11.3. The molecule has 100 valence electrons. The molecule has 0 aliphatic heterocycles. The first-order valence-corrected chi connectivity index (χ1v) is 6.80. The van der Waals surface area contributed by atoms with Crippen molar-refractivity contribution in [2.24, 2.45) is 0 Å². The molecular weight excluding hydrogens is 256 g/mol. The third-order valence-electron chi connectivity index (χ3n) is 3.55. The van der Waals surface area contributed by atoms with Gasteiger partial charge in [-0.2, -0.15) is 0 Å². The maximum atomic E-state index is 10.7. The Balaban J connectivity index is 2.56. The number of halogens is 1. The molecule has 2 aromatic rings. The first kappa shape index (κ1) is 14.1. The van der Waals surface area contributed by atoms with E-state index in [-0.39, 0.29) is 0 Å². The summed E-state index contributed by atoms with van der Waals surface area (Å²) < 4.78 is 0. The SMILES string of the molecule is Cc1cc(C)c(C(O)c2cc(Cl)ccc2C)c(C)c1. The van der Waals surface area contributed by atoms with Crippen molar-refractivity contribution in [2.45, 2.75) is 33.8 Å². The van der Waals surface area contributed by atoms with Crippen molar-refractivity contribution in [1.82, 2.24) is 0 Å². The summed E-state index contributed by atoms with van der Waals surface area (Å²) in [6.45, 7) is 8.14. The highest BCUT2D eigenvalue weighted by atomic mass is 35.5. The van der Waals surface area contributed by atoms with Crippen LogP contribution in [0, 0.1) is 27.7 Å². The summed E-state index contributed by atoms with van der Waals surface area (Å²) in [6.07, 6.45) is -0.626. The molecule has 0 spiro atoms. The van der Waals surface area contributed by atoms with E-state index in [9.17, 15) is 5.11 Å². The highest BCUT2D eigenvalue weighted by Gasteiger charge is 2.17. The molecule has 1 N–H and O–H groups in total. The lowest BCUT2D eigenvalue weighted by molar-refractivity contribution is 0.218. The van der Waals surface area contributed by atoms with Gasteiger partial charge in [0.1, 0.15) is 6.10 Å². The van der Waals surface area contributed by atoms with Gasteiger partial charge in [0.15, 0.2) is 0 Å². The van der Waals surface area contributed by atoms with E-state index in [4.69, 9.17) is 11.6 Å². The van der Waals surface area contributed by atoms with Crippen LogP contribution in [0.2, 0.25) is 5.02 Å². The largest absolute Gasteiger partial charge is 0.384 e. The van der Waals surface area contributed by atoms with Crippen LogP contribution in [0.15, 0.2) is 30.3 Å². The van der Waals surface area contributed by atoms with E-state index in [0.29, 0.717) is 5.02 Å². The second-order valence-corrected chi connectivity index (χ2v) is 5.65. The minimum absolute atomic E-state index is 0.626. The standard InChI is InChI=1S/C17H19ClO/c1-10-7-12(3)16(13(4)8-10)17(19)15-9-14(18)6-5-11(15)2/h5-9,17,19H,1-4H3. The Hall–Kier alpha value is -1.31. The Morgan fingerprint density at radius 1 is 0.895 bits per heavy atom. The summed E-state index contributed by atoms with van der Waals surface area (Å²) in [4.78, 5) is 0. The summed E-state index contributed by atoms with van der Waals surface area (Å²) in [7, 11) is 0. The molecule has 0 bridgehead atoms. The molecule has 0 aliphatic carbocycles. The summed E-state index contributed by atoms with van der Waals surface area (Å²) in [5.74, 6) is 0. The number of aliphatic hydroxyl groups excluding tert-OH is 1. The summed E-state index contributed by atoms with van der Waals surface area (Å²) in [6, 6.07) is 9.85. The Morgan fingerprint density at radius 3 is 2.05 bits per heavy atom. The highest BCUT2D eigenvalue weighted by Crippen LogP contribution is 2.31. The van der Waals surface area contributed by atoms with E-state index in [1.165, 1.54) is 5.56 Å². The number of aliphatic hydroxyl groups is 1. The smallest absolute Gasteiger partial charge is 0.105 e. The molecule has 0 aromatic heterocycles. The van der Waals surface area contributed by atoms with Crippen molar-refractivity contribution >= 4 is 11.6 Å². The molecule has 0 fully saturated rings. The van der Waals surface area contributed by atoms with Gasteiger partial charge in [0.05, 0.1) is 0 Å². The monoisotopic (exact) mass is 274 g/mol. The van der Waals surface area contributed by atoms with Crippen molar-refractivity contribution in [3.63, 3.8) is 0 Å². The molecule has 0 aliphatic rings. The molecule has 19 heavy (non-hydrogen) atoms. The van der Waals surface area contributed by atoms with E-state index in [2.05, 4.69) is 19.1 Å². The van der Waals surface area contributed by atoms with Gasteiger partial charge in [-0.3, -0.25) is 0 Å². The molecule has 2 rings (SSSR count). The Labute approximate surface area is 119 Å². The molecule has 1 atom stereocenters. The first-order chi connectivity index (χ1) is 8.90. The lowest BCUT2D eigenvalue weighted by Crippen LogP contribution is -2.06. The van der Waals surface area contributed by atoms with Crippen molar-refractivity contribution in [3.8, 4) is 0 Å². The van der Waals surface area contributed by atoms with E-state index in [1.54, 1.807) is 0 Å². The van der Waals surface area contributed by atoms with E-state index < -0.39 is 6.10 Å². The van der Waals surface area contributed by atoms with Crippen molar-refractivity contribution in [1.29, 1.82) is 0 Å². The fourth-order valence-corrected chi connectivity index (χ4v) is 2.86. The van der Waals surface area contributed by atoms with Crippen molar-refractivity contribution < 1.29 is 5.11 Å². The van der Waals surface area contributed by atoms with Gasteiger partial charge in [-0.05, 0) is 67.6 Å². The fourth-order valence-electron chi connectivity index (χ4n) is 2.68. The van der Waals surface area contributed by atoms with E-state index >= 15 is 0 Å². The zero-order valence-electron chi connectivity index (χ0n) is 11.8. The van der Waals surface area contributed by atoms with Crippen molar-refractivity contribution in [2.75, 3.05) is 0 Å². The van der Waals surface area contributed by atoms with E-state index in [1.807, 2.05) is 39.0 Å². The zero-order valence-corrected chi connectivity index (χ0v) is 12.5. The number of aryl methyl sites for hydroxylation is 4. The van der Waals surface area contributed by atoms with Gasteiger partial charge in [0.25, 0.3) is 0 Å². The van der Waals surface area contributed by atoms with Crippen LogP contribution in [0.3, 0.4) is 0 Å². The van der Waals surface area contributed by atoms with Crippen LogP contribution in [0.5, 0.6) is 0 Å². The maximum Gasteiger partial charge on any atom is 0.105 e. The zero-order chi connectivity index (χ0) is 14.2. The third kappa shape index (κ3) is 2.83. The number of benzene rings is 2. The molecule has 0 radical (unpaired) electrons. The molecule has 0 heterocycles. The second kappa shape index (κ2) is 5.36. The number of hydrogen-bond donors (Lipinski definition) is 1. The van der Waals surface area contributed by atoms with Crippen LogP contribution >= 0.6 is 11.6 Å². The molecule has 2 heteroatoms. The van der Waals surface area contributed by atoms with Crippen LogP contribution in [0.4, 0.5) is 0 Å². The second-order valence-electron chi connectivity index (χ2n) is 5.22. The Kier molecular flexibility index (Phi) is 3.98. The Bertz CT molecular complexity index is 594. The molecule has 1 unspecified atom stereocenters. The maximum absolute atomic E-state index is 10.7. The predicted molar refractivity (Wildman–Crippen MR) is 80.9 cm³/mol. The van der Waals surface area contributed by atoms with Gasteiger partial charge in [0.2, 0.25) is 0 Å². The van der Waals surface area contributed by atoms with Gasteiger partial charge < -0.3 is 5.11 Å². The number of rotatable bonds is 2. The average molecular weight is 275 g/mol. The van der Waals surface area contributed by atoms with E-state index in [0.717, 1.165) is 27.8 Å². The van der Waals surface area contributed by atoms with Gasteiger partial charge in [-0.1, -0.05) is 35.4 Å². The molecule has 0 saturated carbocycles. The number of hydrogen-bond acceptors (Lipinski definition) is 1. The van der Waals surface area contributed by atoms with Crippen LogP contribution in [-0.4, -0.2) is 5.11 Å². The quantitative estimate of drug-likeness (QED) is 0.845. The predicted octanol–water partition coefficient (Wildman–Crippen LogP) is 4.66. The lowest BCUT2D eigenvalue weighted by atomic mass is 9.90. The highest BCUT2D eigenvalue weighted by molar-refractivity contribution is 6.30. The molecule has 0 amide bonds. The minimum atomic E-state index is -0.626. The van der Waals surface area contributed by atoms with Gasteiger partial charge in [-0.25, -0.2) is 0 Å². The van der Waals surface area contributed by atoms with Crippen LogP contribution in [0.1, 0.15) is 39.5 Å². The lowest BCUT2D eigenvalue weighted by Gasteiger charge is -2.19. The van der Waals surface area contributed by atoms with Crippen LogP contribution < -0.4 is 0 Å². The molecule has 2 aromatic carbocycles. The van der Waals surface area contributed by atoms with Crippen LogP contribution in [-0.2, 0) is 0 Å². The van der Waals surface area contributed by atoms with Gasteiger partial charge >= 0.3 is 0 Å². The van der Waals surface area contributed by atoms with Gasteiger partial charge in [0, 0.05) is 5.02 Å². The first-order valence-electron chi connectivity index (χ1n) is 6.42. The fraction of sp³-hybridized carbons (Fsp3) is 0.294. The summed E-state index contributed by atoms with van der Waals surface area (Å²) >= 11 is 6.04. The summed E-state index contributed by atoms with van der Waals surface area (Å²) in [5.41, 5.74) is 6.36. The third-order valence-corrected chi connectivity index (χ3v) is 3.78. The van der Waals surface area contributed by atoms with Crippen LogP contribution in [0.25, 0.3) is 0 Å². The topological polar surface area (TPSA) is 20.2 Å². The van der Waals surface area contributed by atoms with Gasteiger partial charge in [-0.15, -0.1) is 0 Å². The average Bonchev–Trinajstić information content (AvgIpc) is 2.30. The minimum Gasteiger partial charge on any atom is -0.384 e. The Morgan fingerprint density at radius 2 is 1.47 bits per heavy atom. The molecular formula is C17H19ClO. The molecule has 1 nitrogen and oxygen atoms in total.